The van der Waals surface area contributed by atoms with Gasteiger partial charge in [0.25, 0.3) is 0 Å². The Morgan fingerprint density at radius 3 is 2.75 bits per heavy atom. The van der Waals surface area contributed by atoms with Gasteiger partial charge >= 0.3 is 0 Å². The molecular weight excluding hydrogens is 224 g/mol. The highest BCUT2D eigenvalue weighted by Gasteiger charge is 2.34. The summed E-state index contributed by atoms with van der Waals surface area (Å²) in [6.07, 6.45) is 7.59. The Morgan fingerprint density at radius 1 is 1.38 bits per heavy atom. The average Bonchev–Trinajstić information content (AvgIpc) is 2.55. The van der Waals surface area contributed by atoms with Crippen molar-refractivity contribution in [3.63, 3.8) is 0 Å². The van der Waals surface area contributed by atoms with Gasteiger partial charge < -0.3 is 0 Å². The molecule has 0 N–H and O–H groups in total. The van der Waals surface area contributed by atoms with Crippen LogP contribution < -0.4 is 0 Å². The lowest BCUT2D eigenvalue weighted by Gasteiger charge is -2.16. The Morgan fingerprint density at radius 2 is 2.12 bits per heavy atom. The SMILES string of the molecule is CCCCCCC1C(=O)CCC1CC(=O)Cl. The average molecular weight is 245 g/mol. The van der Waals surface area contributed by atoms with Crippen molar-refractivity contribution in [2.24, 2.45) is 11.8 Å². The predicted octanol–water partition coefficient (Wildman–Crippen LogP) is 3.71. The van der Waals surface area contributed by atoms with E-state index in [1.54, 1.807) is 0 Å². The van der Waals surface area contributed by atoms with Gasteiger partial charge in [-0.3, -0.25) is 9.59 Å². The topological polar surface area (TPSA) is 34.1 Å². The minimum Gasteiger partial charge on any atom is -0.299 e. The summed E-state index contributed by atoms with van der Waals surface area (Å²) in [7, 11) is 0. The number of carbonyl (C=O) groups is 2. The maximum Gasteiger partial charge on any atom is 0.221 e. The normalized spacial score (nSPS) is 25.0. The van der Waals surface area contributed by atoms with Crippen LogP contribution in [0.5, 0.6) is 0 Å². The molecule has 0 radical (unpaired) electrons. The van der Waals surface area contributed by atoms with Gasteiger partial charge in [-0.1, -0.05) is 32.6 Å². The molecule has 1 aliphatic carbocycles. The molecular formula is C13H21ClO2. The summed E-state index contributed by atoms with van der Waals surface area (Å²) in [4.78, 5) is 22.6. The van der Waals surface area contributed by atoms with Gasteiger partial charge in [0.1, 0.15) is 5.78 Å². The predicted molar refractivity (Wildman–Crippen MR) is 65.5 cm³/mol. The van der Waals surface area contributed by atoms with Crippen LogP contribution in [0.2, 0.25) is 0 Å². The molecule has 0 aromatic carbocycles. The largest absolute Gasteiger partial charge is 0.299 e. The summed E-state index contributed by atoms with van der Waals surface area (Å²) in [5.74, 6) is 0.679. The van der Waals surface area contributed by atoms with Gasteiger partial charge in [0.2, 0.25) is 5.24 Å². The molecule has 2 nitrogen and oxygen atoms in total. The first kappa shape index (κ1) is 13.7. The third kappa shape index (κ3) is 4.25. The Kier molecular flexibility index (Phi) is 6.04. The van der Waals surface area contributed by atoms with Crippen molar-refractivity contribution in [2.45, 2.75) is 58.3 Å². The molecule has 3 heteroatoms. The highest BCUT2D eigenvalue weighted by Crippen LogP contribution is 2.35. The minimum atomic E-state index is -0.293. The Bertz CT molecular complexity index is 250. The maximum atomic E-state index is 11.7. The molecule has 1 rings (SSSR count). The van der Waals surface area contributed by atoms with Gasteiger partial charge in [-0.05, 0) is 30.4 Å². The smallest absolute Gasteiger partial charge is 0.221 e. The van der Waals surface area contributed by atoms with Crippen molar-refractivity contribution in [1.29, 1.82) is 0 Å². The molecule has 0 aliphatic heterocycles. The fourth-order valence-corrected chi connectivity index (χ4v) is 2.81. The van der Waals surface area contributed by atoms with Gasteiger partial charge in [-0.2, -0.15) is 0 Å². The van der Waals surface area contributed by atoms with Gasteiger partial charge in [0, 0.05) is 18.8 Å². The van der Waals surface area contributed by atoms with E-state index in [1.807, 2.05) is 0 Å². The van der Waals surface area contributed by atoms with Crippen LogP contribution >= 0.6 is 11.6 Å². The molecule has 0 saturated heterocycles. The maximum absolute atomic E-state index is 11.7. The Hall–Kier alpha value is -0.370. The lowest BCUT2D eigenvalue weighted by Crippen LogP contribution is -2.16. The van der Waals surface area contributed by atoms with Crippen LogP contribution in [0.25, 0.3) is 0 Å². The van der Waals surface area contributed by atoms with Crippen LogP contribution in [-0.2, 0) is 9.59 Å². The van der Waals surface area contributed by atoms with Crippen LogP contribution in [-0.4, -0.2) is 11.0 Å². The summed E-state index contributed by atoms with van der Waals surface area (Å²) in [6.45, 7) is 2.18. The molecule has 1 fully saturated rings. The first-order chi connectivity index (χ1) is 7.65. The van der Waals surface area contributed by atoms with Crippen molar-refractivity contribution < 1.29 is 9.59 Å². The first-order valence-electron chi connectivity index (χ1n) is 6.36. The van der Waals surface area contributed by atoms with Gasteiger partial charge in [-0.25, -0.2) is 0 Å². The molecule has 0 aromatic heterocycles. The highest BCUT2D eigenvalue weighted by atomic mass is 35.5. The monoisotopic (exact) mass is 244 g/mol. The third-order valence-corrected chi connectivity index (χ3v) is 3.69. The molecule has 1 aliphatic rings. The zero-order chi connectivity index (χ0) is 12.0. The van der Waals surface area contributed by atoms with E-state index in [2.05, 4.69) is 6.92 Å². The summed E-state index contributed by atoms with van der Waals surface area (Å²) in [5.41, 5.74) is 0. The Balaban J connectivity index is 2.34. The van der Waals surface area contributed by atoms with Crippen LogP contribution in [0.1, 0.15) is 58.3 Å². The van der Waals surface area contributed by atoms with E-state index < -0.39 is 0 Å². The fraction of sp³-hybridized carbons (Fsp3) is 0.846. The van der Waals surface area contributed by atoms with E-state index in [4.69, 9.17) is 11.6 Å². The lowest BCUT2D eigenvalue weighted by molar-refractivity contribution is -0.121. The van der Waals surface area contributed by atoms with E-state index in [1.165, 1.54) is 19.3 Å². The second-order valence-corrected chi connectivity index (χ2v) is 5.20. The number of Topliss-reactive ketones (excluding diaryl/α,β-unsaturated/α-hetero) is 1. The summed E-state index contributed by atoms with van der Waals surface area (Å²) in [6, 6.07) is 0. The third-order valence-electron chi connectivity index (χ3n) is 3.54. The van der Waals surface area contributed by atoms with Gasteiger partial charge in [-0.15, -0.1) is 0 Å². The van der Waals surface area contributed by atoms with Gasteiger partial charge in [0.05, 0.1) is 0 Å². The second-order valence-electron chi connectivity index (χ2n) is 4.78. The zero-order valence-corrected chi connectivity index (χ0v) is 10.8. The number of rotatable bonds is 7. The van der Waals surface area contributed by atoms with E-state index in [0.29, 0.717) is 18.6 Å². The van der Waals surface area contributed by atoms with E-state index >= 15 is 0 Å². The van der Waals surface area contributed by atoms with Crippen molar-refractivity contribution in [2.75, 3.05) is 0 Å². The molecule has 0 aromatic rings. The number of hydrogen-bond donors (Lipinski definition) is 0. The van der Waals surface area contributed by atoms with Crippen LogP contribution in [0.4, 0.5) is 0 Å². The number of hydrogen-bond acceptors (Lipinski definition) is 2. The lowest BCUT2D eigenvalue weighted by atomic mass is 9.88. The summed E-state index contributed by atoms with van der Waals surface area (Å²) in [5, 5.41) is -0.293. The molecule has 2 atom stereocenters. The number of ketones is 1. The molecule has 2 unspecified atom stereocenters. The standard InChI is InChI=1S/C13H21ClO2/c1-2-3-4-5-6-11-10(9-13(14)16)7-8-12(11)15/h10-11H,2-9H2,1H3. The van der Waals surface area contributed by atoms with Crippen LogP contribution in [0.3, 0.4) is 0 Å². The molecule has 92 valence electrons. The molecule has 0 heterocycles. The van der Waals surface area contributed by atoms with E-state index in [0.717, 1.165) is 19.3 Å². The summed E-state index contributed by atoms with van der Waals surface area (Å²) >= 11 is 5.40. The molecule has 0 bridgehead atoms. The minimum absolute atomic E-state index is 0.111. The van der Waals surface area contributed by atoms with Crippen LogP contribution in [0, 0.1) is 11.8 Å². The zero-order valence-electron chi connectivity index (χ0n) is 10.0. The van der Waals surface area contributed by atoms with Gasteiger partial charge in [0.15, 0.2) is 0 Å². The number of halogens is 1. The van der Waals surface area contributed by atoms with Crippen molar-refractivity contribution in [3.05, 3.63) is 0 Å². The number of carbonyl (C=O) groups excluding carboxylic acids is 2. The Labute approximate surface area is 103 Å². The van der Waals surface area contributed by atoms with Crippen molar-refractivity contribution in [3.8, 4) is 0 Å². The van der Waals surface area contributed by atoms with Crippen molar-refractivity contribution >= 4 is 22.6 Å². The van der Waals surface area contributed by atoms with Crippen molar-refractivity contribution in [1.82, 2.24) is 0 Å². The highest BCUT2D eigenvalue weighted by molar-refractivity contribution is 6.63. The van der Waals surface area contributed by atoms with E-state index in [9.17, 15) is 9.59 Å². The molecule has 16 heavy (non-hydrogen) atoms. The first-order valence-corrected chi connectivity index (χ1v) is 6.74. The fourth-order valence-electron chi connectivity index (χ4n) is 2.62. The second kappa shape index (κ2) is 7.05. The molecule has 1 saturated carbocycles. The number of unbranched alkanes of at least 4 members (excludes halogenated alkanes) is 3. The van der Waals surface area contributed by atoms with Crippen LogP contribution in [0.15, 0.2) is 0 Å². The van der Waals surface area contributed by atoms with E-state index in [-0.39, 0.29) is 17.1 Å². The molecule has 0 spiro atoms. The molecule has 0 amide bonds. The quantitative estimate of drug-likeness (QED) is 0.505. The summed E-state index contributed by atoms with van der Waals surface area (Å²) < 4.78 is 0.